The summed E-state index contributed by atoms with van der Waals surface area (Å²) in [5.41, 5.74) is 1.93. The normalized spacial score (nSPS) is 10.9. The average molecular weight is 293 g/mol. The minimum Gasteiger partial charge on any atom is -0.395 e. The molecule has 0 aromatic carbocycles. The van der Waals surface area contributed by atoms with Crippen molar-refractivity contribution in [2.75, 3.05) is 13.2 Å². The van der Waals surface area contributed by atoms with Crippen LogP contribution in [0.3, 0.4) is 0 Å². The van der Waals surface area contributed by atoms with Crippen molar-refractivity contribution in [2.45, 2.75) is 13.1 Å². The smallest absolute Gasteiger partial charge is 0.324 e. The van der Waals surface area contributed by atoms with Gasteiger partial charge in [0.15, 0.2) is 0 Å². The molecule has 20 heavy (non-hydrogen) atoms. The predicted octanol–water partition coefficient (Wildman–Crippen LogP) is 2.05. The minimum atomic E-state index is -0.383. The highest BCUT2D eigenvalue weighted by Gasteiger charge is 2.13. The van der Waals surface area contributed by atoms with E-state index in [1.165, 1.54) is 0 Å². The van der Waals surface area contributed by atoms with Crippen molar-refractivity contribution >= 4 is 16.3 Å². The van der Waals surface area contributed by atoms with Crippen molar-refractivity contribution in [2.24, 2.45) is 0 Å². The van der Waals surface area contributed by atoms with Crippen molar-refractivity contribution in [3.05, 3.63) is 57.2 Å². The molecule has 2 heterocycles. The lowest BCUT2D eigenvalue weighted by atomic mass is 10.2. The summed E-state index contributed by atoms with van der Waals surface area (Å²) in [6.45, 7) is 1.78. The van der Waals surface area contributed by atoms with Gasteiger partial charge in [-0.25, -0.2) is 0 Å². The third-order valence-electron chi connectivity index (χ3n) is 2.77. The largest absolute Gasteiger partial charge is 0.395 e. The monoisotopic (exact) mass is 293 g/mol. The molecule has 0 aliphatic carbocycles. The summed E-state index contributed by atoms with van der Waals surface area (Å²) in [6.07, 6.45) is 3.49. The number of nitro groups is 1. The molecular formula is C13H15N3O3S. The molecule has 2 rings (SSSR count). The molecule has 0 aliphatic heterocycles. The zero-order valence-electron chi connectivity index (χ0n) is 10.8. The van der Waals surface area contributed by atoms with Gasteiger partial charge < -0.3 is 5.11 Å². The maximum absolute atomic E-state index is 10.7. The summed E-state index contributed by atoms with van der Waals surface area (Å²) >= 11 is 1.12. The van der Waals surface area contributed by atoms with E-state index in [9.17, 15) is 10.1 Å². The van der Waals surface area contributed by atoms with Gasteiger partial charge in [-0.2, -0.15) is 0 Å². The van der Waals surface area contributed by atoms with Gasteiger partial charge in [-0.1, -0.05) is 17.4 Å². The Morgan fingerprint density at radius 3 is 2.80 bits per heavy atom. The number of aromatic nitrogens is 1. The molecule has 0 radical (unpaired) electrons. The first-order valence-corrected chi connectivity index (χ1v) is 7.01. The van der Waals surface area contributed by atoms with Crippen LogP contribution in [0.15, 0.2) is 36.0 Å². The Labute approximate surface area is 120 Å². The molecule has 0 saturated heterocycles. The molecular weight excluding hydrogens is 278 g/mol. The van der Waals surface area contributed by atoms with E-state index >= 15 is 0 Å². The van der Waals surface area contributed by atoms with E-state index in [0.717, 1.165) is 22.5 Å². The molecule has 0 amide bonds. The first-order chi connectivity index (χ1) is 9.69. The lowest BCUT2D eigenvalue weighted by molar-refractivity contribution is -0.380. The van der Waals surface area contributed by atoms with Crippen LogP contribution in [0.25, 0.3) is 0 Å². The zero-order chi connectivity index (χ0) is 14.4. The van der Waals surface area contributed by atoms with Crippen LogP contribution in [0.4, 0.5) is 5.00 Å². The summed E-state index contributed by atoms with van der Waals surface area (Å²) in [7, 11) is 0. The number of hydrogen-bond acceptors (Lipinski definition) is 6. The molecule has 0 saturated carbocycles. The van der Waals surface area contributed by atoms with Gasteiger partial charge in [0.05, 0.1) is 11.5 Å². The van der Waals surface area contributed by atoms with Crippen LogP contribution in [-0.4, -0.2) is 33.1 Å². The van der Waals surface area contributed by atoms with Gasteiger partial charge in [0.25, 0.3) is 0 Å². The molecule has 0 atom stereocenters. The zero-order valence-corrected chi connectivity index (χ0v) is 11.6. The molecule has 0 spiro atoms. The molecule has 0 fully saturated rings. The van der Waals surface area contributed by atoms with Crippen molar-refractivity contribution in [3.63, 3.8) is 0 Å². The topological polar surface area (TPSA) is 79.5 Å². The van der Waals surface area contributed by atoms with Crippen LogP contribution in [0.1, 0.15) is 11.1 Å². The fourth-order valence-electron chi connectivity index (χ4n) is 1.90. The SMILES string of the molecule is O=[N+]([O-])c1cc(CN(CCO)Cc2cccnc2)cs1. The first-order valence-electron chi connectivity index (χ1n) is 6.13. The average Bonchev–Trinajstić information content (AvgIpc) is 2.89. The second-order valence-electron chi connectivity index (χ2n) is 4.35. The maximum Gasteiger partial charge on any atom is 0.324 e. The number of pyridine rings is 1. The third-order valence-corrected chi connectivity index (χ3v) is 3.70. The summed E-state index contributed by atoms with van der Waals surface area (Å²) in [6, 6.07) is 5.41. The van der Waals surface area contributed by atoms with E-state index in [-0.39, 0.29) is 16.5 Å². The van der Waals surface area contributed by atoms with Crippen LogP contribution in [0, 0.1) is 10.1 Å². The van der Waals surface area contributed by atoms with Gasteiger partial charge in [-0.3, -0.25) is 20.0 Å². The Kier molecular flexibility index (Phi) is 5.16. The van der Waals surface area contributed by atoms with Gasteiger partial charge in [-0.05, 0) is 17.2 Å². The Hall–Kier alpha value is -1.83. The molecule has 6 nitrogen and oxygen atoms in total. The first kappa shape index (κ1) is 14.6. The van der Waals surface area contributed by atoms with Crippen LogP contribution in [-0.2, 0) is 13.1 Å². The Morgan fingerprint density at radius 2 is 2.20 bits per heavy atom. The van der Waals surface area contributed by atoms with Gasteiger partial charge >= 0.3 is 5.00 Å². The number of aliphatic hydroxyl groups excluding tert-OH is 1. The Morgan fingerprint density at radius 1 is 1.40 bits per heavy atom. The van der Waals surface area contributed by atoms with Crippen molar-refractivity contribution in [1.29, 1.82) is 0 Å². The number of nitrogens with zero attached hydrogens (tertiary/aromatic N) is 3. The fourth-order valence-corrected chi connectivity index (χ4v) is 2.63. The van der Waals surface area contributed by atoms with E-state index < -0.39 is 0 Å². The lowest BCUT2D eigenvalue weighted by Crippen LogP contribution is -2.25. The quantitative estimate of drug-likeness (QED) is 0.624. The predicted molar refractivity (Wildman–Crippen MR) is 76.4 cm³/mol. The summed E-state index contributed by atoms with van der Waals surface area (Å²) in [5.74, 6) is 0. The highest BCUT2D eigenvalue weighted by atomic mass is 32.1. The standard InChI is InChI=1S/C13H15N3O3S/c17-5-4-15(8-11-2-1-3-14-7-11)9-12-6-13(16(18)19)20-10-12/h1-3,6-7,10,17H,4-5,8-9H2. The van der Waals surface area contributed by atoms with Crippen LogP contribution >= 0.6 is 11.3 Å². The van der Waals surface area contributed by atoms with Crippen LogP contribution in [0.2, 0.25) is 0 Å². The second kappa shape index (κ2) is 7.09. The van der Waals surface area contributed by atoms with E-state index in [2.05, 4.69) is 4.98 Å². The number of rotatable bonds is 7. The highest BCUT2D eigenvalue weighted by Crippen LogP contribution is 2.23. The van der Waals surface area contributed by atoms with Gasteiger partial charge in [0, 0.05) is 43.5 Å². The van der Waals surface area contributed by atoms with E-state index in [1.54, 1.807) is 23.8 Å². The maximum atomic E-state index is 10.7. The van der Waals surface area contributed by atoms with Gasteiger partial charge in [0.1, 0.15) is 0 Å². The molecule has 0 aliphatic rings. The van der Waals surface area contributed by atoms with Crippen molar-refractivity contribution in [1.82, 2.24) is 9.88 Å². The molecule has 2 aromatic rings. The van der Waals surface area contributed by atoms with Gasteiger partial charge in [0.2, 0.25) is 0 Å². The van der Waals surface area contributed by atoms with E-state index in [1.807, 2.05) is 17.0 Å². The molecule has 0 bridgehead atoms. The third kappa shape index (κ3) is 4.09. The number of thiophene rings is 1. The van der Waals surface area contributed by atoms with E-state index in [4.69, 9.17) is 5.11 Å². The van der Waals surface area contributed by atoms with Crippen molar-refractivity contribution in [3.8, 4) is 0 Å². The molecule has 7 heteroatoms. The lowest BCUT2D eigenvalue weighted by Gasteiger charge is -2.20. The van der Waals surface area contributed by atoms with Gasteiger partial charge in [-0.15, -0.1) is 0 Å². The summed E-state index contributed by atoms with van der Waals surface area (Å²) in [4.78, 5) is 16.4. The van der Waals surface area contributed by atoms with Crippen LogP contribution < -0.4 is 0 Å². The number of hydrogen-bond donors (Lipinski definition) is 1. The Bertz CT molecular complexity index is 559. The second-order valence-corrected chi connectivity index (χ2v) is 5.24. The summed E-state index contributed by atoms with van der Waals surface area (Å²) < 4.78 is 0. The van der Waals surface area contributed by atoms with E-state index in [0.29, 0.717) is 19.6 Å². The molecule has 2 aromatic heterocycles. The fraction of sp³-hybridized carbons (Fsp3) is 0.308. The summed E-state index contributed by atoms with van der Waals surface area (Å²) in [5, 5.41) is 21.7. The minimum absolute atomic E-state index is 0.0481. The van der Waals surface area contributed by atoms with Crippen molar-refractivity contribution < 1.29 is 10.0 Å². The highest BCUT2D eigenvalue weighted by molar-refractivity contribution is 7.13. The van der Waals surface area contributed by atoms with Crippen LogP contribution in [0.5, 0.6) is 0 Å². The Balaban J connectivity index is 2.02. The molecule has 0 unspecified atom stereocenters. The molecule has 106 valence electrons. The number of aliphatic hydroxyl groups is 1. The molecule has 1 N–H and O–H groups in total.